The molecule has 0 unspecified atom stereocenters. The maximum Gasteiger partial charge on any atom is 0.191 e. The fourth-order valence-electron chi connectivity index (χ4n) is 2.07. The Labute approximate surface area is 123 Å². The highest BCUT2D eigenvalue weighted by molar-refractivity contribution is 5.79. The van der Waals surface area contributed by atoms with Gasteiger partial charge in [-0.1, -0.05) is 13.3 Å². The summed E-state index contributed by atoms with van der Waals surface area (Å²) in [4.78, 5) is 4.56. The van der Waals surface area contributed by atoms with E-state index in [9.17, 15) is 0 Å². The number of hydrogen-bond donors (Lipinski definition) is 2. The van der Waals surface area contributed by atoms with Crippen molar-refractivity contribution in [2.75, 3.05) is 39.5 Å². The second kappa shape index (κ2) is 12.0. The smallest absolute Gasteiger partial charge is 0.191 e. The molecule has 2 N–H and O–H groups in total. The van der Waals surface area contributed by atoms with E-state index >= 15 is 0 Å². The Morgan fingerprint density at radius 3 is 2.70 bits per heavy atom. The molecule has 1 rings (SSSR count). The molecule has 1 aliphatic rings. The third-order valence-corrected chi connectivity index (χ3v) is 3.26. The number of nitrogens with one attached hydrogen (secondary N) is 2. The molecule has 0 aromatic rings. The van der Waals surface area contributed by atoms with Crippen LogP contribution < -0.4 is 10.6 Å². The summed E-state index contributed by atoms with van der Waals surface area (Å²) in [5.41, 5.74) is 0. The molecular formula is C15H31N3O2. The molecule has 1 aliphatic heterocycles. The minimum atomic E-state index is 0.392. The molecule has 0 radical (unpaired) electrons. The number of aliphatic imine (C=N–C) groups is 1. The van der Waals surface area contributed by atoms with Crippen LogP contribution in [0.25, 0.3) is 0 Å². The molecule has 0 aromatic carbocycles. The summed E-state index contributed by atoms with van der Waals surface area (Å²) in [5, 5.41) is 6.61. The summed E-state index contributed by atoms with van der Waals surface area (Å²) in [6.45, 7) is 9.46. The molecule has 0 aromatic heterocycles. The fraction of sp³-hybridized carbons (Fsp3) is 0.933. The Bertz CT molecular complexity index is 254. The SMILES string of the molecule is CCCCNC(=NCCCOC1CCOCC1)NCC. The van der Waals surface area contributed by atoms with Gasteiger partial charge in [0, 0.05) is 39.5 Å². The summed E-state index contributed by atoms with van der Waals surface area (Å²) in [5.74, 6) is 0.923. The van der Waals surface area contributed by atoms with Gasteiger partial charge in [-0.15, -0.1) is 0 Å². The number of nitrogens with zero attached hydrogens (tertiary/aromatic N) is 1. The molecule has 0 saturated carbocycles. The van der Waals surface area contributed by atoms with Gasteiger partial charge in [-0.05, 0) is 32.6 Å². The zero-order valence-electron chi connectivity index (χ0n) is 13.1. The molecule has 0 atom stereocenters. The van der Waals surface area contributed by atoms with Gasteiger partial charge in [0.2, 0.25) is 0 Å². The predicted octanol–water partition coefficient (Wildman–Crippen LogP) is 1.93. The van der Waals surface area contributed by atoms with E-state index in [-0.39, 0.29) is 0 Å². The van der Waals surface area contributed by atoms with Crippen LogP contribution in [0, 0.1) is 0 Å². The Morgan fingerprint density at radius 1 is 1.20 bits per heavy atom. The highest BCUT2D eigenvalue weighted by Crippen LogP contribution is 2.10. The second-order valence-corrected chi connectivity index (χ2v) is 5.08. The lowest BCUT2D eigenvalue weighted by Crippen LogP contribution is -2.37. The lowest BCUT2D eigenvalue weighted by molar-refractivity contribution is -0.0318. The summed E-state index contributed by atoms with van der Waals surface area (Å²) in [6.07, 6.45) is 5.81. The van der Waals surface area contributed by atoms with Crippen LogP contribution in [0.2, 0.25) is 0 Å². The van der Waals surface area contributed by atoms with Crippen molar-refractivity contribution in [3.05, 3.63) is 0 Å². The number of guanidine groups is 1. The maximum atomic E-state index is 5.83. The van der Waals surface area contributed by atoms with Crippen LogP contribution in [0.3, 0.4) is 0 Å². The maximum absolute atomic E-state index is 5.83. The monoisotopic (exact) mass is 285 g/mol. The third kappa shape index (κ3) is 8.38. The average Bonchev–Trinajstić information content (AvgIpc) is 2.48. The molecule has 5 nitrogen and oxygen atoms in total. The zero-order chi connectivity index (χ0) is 14.5. The van der Waals surface area contributed by atoms with Gasteiger partial charge in [-0.3, -0.25) is 4.99 Å². The first kappa shape index (κ1) is 17.2. The minimum Gasteiger partial charge on any atom is -0.381 e. The van der Waals surface area contributed by atoms with Crippen molar-refractivity contribution < 1.29 is 9.47 Å². The Hall–Kier alpha value is -0.810. The lowest BCUT2D eigenvalue weighted by Gasteiger charge is -2.22. The van der Waals surface area contributed by atoms with E-state index in [1.54, 1.807) is 0 Å². The summed E-state index contributed by atoms with van der Waals surface area (Å²) >= 11 is 0. The van der Waals surface area contributed by atoms with E-state index in [0.717, 1.165) is 64.7 Å². The van der Waals surface area contributed by atoms with E-state index in [1.807, 2.05) is 0 Å². The topological polar surface area (TPSA) is 54.9 Å². The van der Waals surface area contributed by atoms with Gasteiger partial charge in [0.1, 0.15) is 0 Å². The normalized spacial score (nSPS) is 17.2. The molecule has 5 heteroatoms. The quantitative estimate of drug-likeness (QED) is 0.386. The molecule has 0 bridgehead atoms. The molecule has 0 aliphatic carbocycles. The summed E-state index contributed by atoms with van der Waals surface area (Å²) in [6, 6.07) is 0. The molecule has 0 spiro atoms. The Morgan fingerprint density at radius 2 is 2.00 bits per heavy atom. The van der Waals surface area contributed by atoms with Crippen LogP contribution in [-0.4, -0.2) is 51.5 Å². The van der Waals surface area contributed by atoms with Gasteiger partial charge in [-0.25, -0.2) is 0 Å². The Balaban J connectivity index is 2.08. The highest BCUT2D eigenvalue weighted by atomic mass is 16.5. The molecule has 118 valence electrons. The first-order chi connectivity index (χ1) is 9.86. The largest absolute Gasteiger partial charge is 0.381 e. The highest BCUT2D eigenvalue weighted by Gasteiger charge is 2.13. The van der Waals surface area contributed by atoms with Crippen LogP contribution in [0.15, 0.2) is 4.99 Å². The number of hydrogen-bond acceptors (Lipinski definition) is 3. The van der Waals surface area contributed by atoms with Gasteiger partial charge >= 0.3 is 0 Å². The number of unbranched alkanes of at least 4 members (excludes halogenated alkanes) is 1. The van der Waals surface area contributed by atoms with Gasteiger partial charge in [0.15, 0.2) is 5.96 Å². The van der Waals surface area contributed by atoms with E-state index in [1.165, 1.54) is 12.8 Å². The fourth-order valence-corrected chi connectivity index (χ4v) is 2.07. The van der Waals surface area contributed by atoms with Crippen LogP contribution in [0.5, 0.6) is 0 Å². The van der Waals surface area contributed by atoms with Crippen molar-refractivity contribution >= 4 is 5.96 Å². The first-order valence-corrected chi connectivity index (χ1v) is 8.08. The van der Waals surface area contributed by atoms with E-state index in [2.05, 4.69) is 29.5 Å². The van der Waals surface area contributed by atoms with Gasteiger partial charge in [-0.2, -0.15) is 0 Å². The van der Waals surface area contributed by atoms with Gasteiger partial charge in [0.25, 0.3) is 0 Å². The minimum absolute atomic E-state index is 0.392. The van der Waals surface area contributed by atoms with Gasteiger partial charge in [0.05, 0.1) is 6.10 Å². The molecule has 1 saturated heterocycles. The van der Waals surface area contributed by atoms with Crippen molar-refractivity contribution in [1.29, 1.82) is 0 Å². The van der Waals surface area contributed by atoms with E-state index < -0.39 is 0 Å². The predicted molar refractivity (Wildman–Crippen MR) is 83.3 cm³/mol. The van der Waals surface area contributed by atoms with Crippen molar-refractivity contribution in [3.63, 3.8) is 0 Å². The van der Waals surface area contributed by atoms with Crippen LogP contribution in [-0.2, 0) is 9.47 Å². The summed E-state index contributed by atoms with van der Waals surface area (Å²) < 4.78 is 11.1. The molecule has 1 heterocycles. The molecule has 0 amide bonds. The Kier molecular flexibility index (Phi) is 10.3. The third-order valence-electron chi connectivity index (χ3n) is 3.26. The molecular weight excluding hydrogens is 254 g/mol. The summed E-state index contributed by atoms with van der Waals surface area (Å²) in [7, 11) is 0. The van der Waals surface area contributed by atoms with Crippen LogP contribution >= 0.6 is 0 Å². The lowest BCUT2D eigenvalue weighted by atomic mass is 10.1. The standard InChI is InChI=1S/C15H31N3O2/c1-3-5-9-17-15(16-4-2)18-10-6-11-20-14-7-12-19-13-8-14/h14H,3-13H2,1-2H3,(H2,16,17,18). The average molecular weight is 285 g/mol. The van der Waals surface area contributed by atoms with Crippen LogP contribution in [0.4, 0.5) is 0 Å². The van der Waals surface area contributed by atoms with Crippen molar-refractivity contribution in [3.8, 4) is 0 Å². The van der Waals surface area contributed by atoms with Crippen molar-refractivity contribution in [2.24, 2.45) is 4.99 Å². The zero-order valence-corrected chi connectivity index (χ0v) is 13.1. The first-order valence-electron chi connectivity index (χ1n) is 8.08. The molecule has 1 fully saturated rings. The van der Waals surface area contributed by atoms with E-state index in [4.69, 9.17) is 9.47 Å². The number of rotatable bonds is 9. The van der Waals surface area contributed by atoms with Crippen LogP contribution in [0.1, 0.15) is 46.0 Å². The van der Waals surface area contributed by atoms with Crippen molar-refractivity contribution in [1.82, 2.24) is 10.6 Å². The second-order valence-electron chi connectivity index (χ2n) is 5.08. The van der Waals surface area contributed by atoms with Crippen molar-refractivity contribution in [2.45, 2.75) is 52.1 Å². The molecule has 20 heavy (non-hydrogen) atoms. The number of ether oxygens (including phenoxy) is 2. The van der Waals surface area contributed by atoms with Gasteiger partial charge < -0.3 is 20.1 Å². The van der Waals surface area contributed by atoms with E-state index in [0.29, 0.717) is 6.10 Å².